The molecule has 2 N–H and O–H groups in total. The Bertz CT molecular complexity index is 455. The number of nitrogens with zero attached hydrogens (tertiary/aromatic N) is 2. The van der Waals surface area contributed by atoms with Crippen LogP contribution in [0.2, 0.25) is 0 Å². The molecule has 0 spiro atoms. The number of hydrogen-bond donors (Lipinski definition) is 2. The summed E-state index contributed by atoms with van der Waals surface area (Å²) in [5.74, 6) is -1.46. The van der Waals surface area contributed by atoms with Gasteiger partial charge in [-0.3, -0.25) is 15.2 Å². The van der Waals surface area contributed by atoms with Gasteiger partial charge in [-0.1, -0.05) is 6.07 Å². The summed E-state index contributed by atoms with van der Waals surface area (Å²) in [4.78, 5) is 26.1. The molecule has 0 aliphatic carbocycles. The molecule has 1 aromatic rings. The predicted octanol–water partition coefficient (Wildman–Crippen LogP) is 0.386. The molecule has 0 atom stereocenters. The molecule has 0 bridgehead atoms. The van der Waals surface area contributed by atoms with Gasteiger partial charge in [0.05, 0.1) is 0 Å². The molecule has 0 saturated heterocycles. The van der Waals surface area contributed by atoms with Gasteiger partial charge in [0.2, 0.25) is 0 Å². The Morgan fingerprint density at radius 2 is 2.18 bits per heavy atom. The summed E-state index contributed by atoms with van der Waals surface area (Å²) in [6.45, 7) is 0. The van der Waals surface area contributed by atoms with Crippen LogP contribution in [0.1, 0.15) is 16.1 Å². The molecule has 17 heavy (non-hydrogen) atoms. The average molecular weight is 235 g/mol. The molecule has 0 aliphatic heterocycles. The van der Waals surface area contributed by atoms with Gasteiger partial charge < -0.3 is 5.11 Å². The Labute approximate surface area is 98.5 Å². The number of amides is 1. The Kier molecular flexibility index (Phi) is 4.36. The Morgan fingerprint density at radius 3 is 2.76 bits per heavy atom. The lowest BCUT2D eigenvalue weighted by Crippen LogP contribution is -2.36. The number of aliphatic carboxylic acids is 1. The molecule has 0 fully saturated rings. The third kappa shape index (κ3) is 4.04. The second kappa shape index (κ2) is 5.76. The molecular formula is C11H13N3O3. The van der Waals surface area contributed by atoms with Crippen molar-refractivity contribution < 1.29 is 14.7 Å². The van der Waals surface area contributed by atoms with E-state index in [2.05, 4.69) is 10.4 Å². The van der Waals surface area contributed by atoms with Gasteiger partial charge in [0.15, 0.2) is 0 Å². The van der Waals surface area contributed by atoms with E-state index in [4.69, 9.17) is 5.11 Å². The van der Waals surface area contributed by atoms with Crippen molar-refractivity contribution in [3.8, 4) is 0 Å². The molecule has 0 unspecified atom stereocenters. The lowest BCUT2D eigenvalue weighted by atomic mass is 10.1. The first-order valence-electron chi connectivity index (χ1n) is 4.85. The summed E-state index contributed by atoms with van der Waals surface area (Å²) in [7, 11) is 3.35. The minimum absolute atomic E-state index is 0.179. The lowest BCUT2D eigenvalue weighted by Gasteiger charge is -2.12. The quantitative estimate of drug-likeness (QED) is 0.582. The van der Waals surface area contributed by atoms with Gasteiger partial charge in [0.1, 0.15) is 5.69 Å². The van der Waals surface area contributed by atoms with E-state index in [9.17, 15) is 9.59 Å². The molecule has 6 heteroatoms. The van der Waals surface area contributed by atoms with Gasteiger partial charge in [0, 0.05) is 31.9 Å². The third-order valence-electron chi connectivity index (χ3n) is 1.78. The largest absolute Gasteiger partial charge is 0.478 e. The molecule has 0 aliphatic rings. The molecular weight excluding hydrogens is 222 g/mol. The summed E-state index contributed by atoms with van der Waals surface area (Å²) in [5, 5.41) is 10.0. The van der Waals surface area contributed by atoms with E-state index in [1.165, 1.54) is 17.3 Å². The van der Waals surface area contributed by atoms with E-state index in [0.717, 1.165) is 6.08 Å². The van der Waals surface area contributed by atoms with Crippen molar-refractivity contribution in [2.75, 3.05) is 14.1 Å². The highest BCUT2D eigenvalue weighted by atomic mass is 16.4. The second-order valence-electron chi connectivity index (χ2n) is 3.45. The fourth-order valence-electron chi connectivity index (χ4n) is 1.16. The maximum Gasteiger partial charge on any atom is 0.328 e. The summed E-state index contributed by atoms with van der Waals surface area (Å²) < 4.78 is 0. The van der Waals surface area contributed by atoms with Crippen LogP contribution in [-0.4, -0.2) is 41.1 Å². The predicted molar refractivity (Wildman–Crippen MR) is 62.1 cm³/mol. The van der Waals surface area contributed by atoms with Crippen molar-refractivity contribution >= 4 is 18.0 Å². The first-order valence-corrected chi connectivity index (χ1v) is 4.85. The van der Waals surface area contributed by atoms with E-state index >= 15 is 0 Å². The van der Waals surface area contributed by atoms with Gasteiger partial charge >= 0.3 is 5.97 Å². The van der Waals surface area contributed by atoms with Crippen LogP contribution in [0.4, 0.5) is 0 Å². The van der Waals surface area contributed by atoms with Crippen LogP contribution < -0.4 is 5.43 Å². The molecule has 1 aromatic heterocycles. The second-order valence-corrected chi connectivity index (χ2v) is 3.45. The normalized spacial score (nSPS) is 10.8. The molecule has 6 nitrogen and oxygen atoms in total. The number of hydrazine groups is 1. The topological polar surface area (TPSA) is 82.5 Å². The third-order valence-corrected chi connectivity index (χ3v) is 1.78. The van der Waals surface area contributed by atoms with Crippen LogP contribution >= 0.6 is 0 Å². The number of carbonyl (C=O) groups excluding carboxylic acids is 1. The van der Waals surface area contributed by atoms with Gasteiger partial charge in [-0.2, -0.15) is 0 Å². The Hall–Kier alpha value is -2.21. The minimum atomic E-state index is -1.08. The molecule has 1 rings (SSSR count). The van der Waals surface area contributed by atoms with Crippen molar-refractivity contribution in [3.05, 3.63) is 35.7 Å². The zero-order valence-electron chi connectivity index (χ0n) is 9.54. The van der Waals surface area contributed by atoms with Gasteiger partial charge in [-0.05, 0) is 12.1 Å². The van der Waals surface area contributed by atoms with E-state index in [0.29, 0.717) is 5.56 Å². The van der Waals surface area contributed by atoms with Gasteiger partial charge in [-0.25, -0.2) is 9.80 Å². The highest BCUT2D eigenvalue weighted by Crippen LogP contribution is 2.07. The van der Waals surface area contributed by atoms with Crippen LogP contribution in [0.3, 0.4) is 0 Å². The average Bonchev–Trinajstić information content (AvgIpc) is 2.25. The fourth-order valence-corrected chi connectivity index (χ4v) is 1.16. The maximum atomic E-state index is 11.7. The Morgan fingerprint density at radius 1 is 1.47 bits per heavy atom. The van der Waals surface area contributed by atoms with Crippen molar-refractivity contribution in [2.24, 2.45) is 0 Å². The van der Waals surface area contributed by atoms with Crippen molar-refractivity contribution in [1.29, 1.82) is 0 Å². The molecule has 0 saturated carbocycles. The summed E-state index contributed by atoms with van der Waals surface area (Å²) >= 11 is 0. The number of carboxylic acid groups (broad SMARTS) is 1. The van der Waals surface area contributed by atoms with Crippen LogP contribution in [0.15, 0.2) is 24.4 Å². The standard InChI is InChI=1S/C11H13N3O3/c1-14(2)13-11(17)10-8(4-3-7-12-10)5-6-9(15)16/h3-7H,1-2H3,(H,13,17)(H,15,16)/b6-5+. The van der Waals surface area contributed by atoms with Crippen LogP contribution in [0, 0.1) is 0 Å². The van der Waals surface area contributed by atoms with Crippen LogP contribution in [-0.2, 0) is 4.79 Å². The minimum Gasteiger partial charge on any atom is -0.478 e. The number of nitrogens with one attached hydrogen (secondary N) is 1. The van der Waals surface area contributed by atoms with E-state index in [1.807, 2.05) is 0 Å². The number of rotatable bonds is 4. The van der Waals surface area contributed by atoms with Gasteiger partial charge in [0.25, 0.3) is 5.91 Å². The van der Waals surface area contributed by atoms with Crippen LogP contribution in [0.5, 0.6) is 0 Å². The highest BCUT2D eigenvalue weighted by Gasteiger charge is 2.11. The molecule has 1 amide bonds. The van der Waals surface area contributed by atoms with Gasteiger partial charge in [-0.15, -0.1) is 0 Å². The van der Waals surface area contributed by atoms with Crippen molar-refractivity contribution in [3.63, 3.8) is 0 Å². The monoisotopic (exact) mass is 235 g/mol. The van der Waals surface area contributed by atoms with E-state index in [-0.39, 0.29) is 11.6 Å². The molecule has 1 heterocycles. The number of pyridine rings is 1. The van der Waals surface area contributed by atoms with Crippen LogP contribution in [0.25, 0.3) is 6.08 Å². The smallest absolute Gasteiger partial charge is 0.328 e. The number of carboxylic acids is 1. The summed E-state index contributed by atoms with van der Waals surface area (Å²) in [6, 6.07) is 3.25. The molecule has 0 aromatic carbocycles. The number of aromatic nitrogens is 1. The lowest BCUT2D eigenvalue weighted by molar-refractivity contribution is -0.131. The first kappa shape index (κ1) is 12.9. The molecule has 0 radical (unpaired) electrons. The van der Waals surface area contributed by atoms with Crippen molar-refractivity contribution in [2.45, 2.75) is 0 Å². The Balaban J connectivity index is 2.99. The van der Waals surface area contributed by atoms with Crippen molar-refractivity contribution in [1.82, 2.24) is 15.4 Å². The fraction of sp³-hybridized carbons (Fsp3) is 0.182. The highest BCUT2D eigenvalue weighted by molar-refractivity contribution is 5.96. The SMILES string of the molecule is CN(C)NC(=O)c1ncccc1/C=C/C(=O)O. The van der Waals surface area contributed by atoms with E-state index < -0.39 is 5.97 Å². The summed E-state index contributed by atoms with van der Waals surface area (Å²) in [6.07, 6.45) is 3.77. The maximum absolute atomic E-state index is 11.7. The summed E-state index contributed by atoms with van der Waals surface area (Å²) in [5.41, 5.74) is 3.17. The first-order chi connectivity index (χ1) is 8.00. The number of carbonyl (C=O) groups is 2. The zero-order valence-corrected chi connectivity index (χ0v) is 9.54. The zero-order chi connectivity index (χ0) is 12.8. The van der Waals surface area contributed by atoms with E-state index in [1.54, 1.807) is 26.2 Å². The molecule has 90 valence electrons. The number of hydrogen-bond acceptors (Lipinski definition) is 4.